The fourth-order valence-corrected chi connectivity index (χ4v) is 3.42. The molecule has 0 aromatic heterocycles. The highest BCUT2D eigenvalue weighted by molar-refractivity contribution is 6.09. The average Bonchev–Trinajstić information content (AvgIpc) is 2.68. The number of hydrogen-bond acceptors (Lipinski definition) is 4. The summed E-state index contributed by atoms with van der Waals surface area (Å²) in [7, 11) is 1.70. The minimum Gasteiger partial charge on any atom is -0.406 e. The highest BCUT2D eigenvalue weighted by Gasteiger charge is 2.35. The molecule has 1 aliphatic rings. The summed E-state index contributed by atoms with van der Waals surface area (Å²) in [4.78, 5) is 14.7. The van der Waals surface area contributed by atoms with Crippen molar-refractivity contribution in [1.29, 1.82) is 0 Å². The van der Waals surface area contributed by atoms with Gasteiger partial charge in [-0.05, 0) is 48.9 Å². The van der Waals surface area contributed by atoms with Gasteiger partial charge >= 0.3 is 6.36 Å². The second-order valence-corrected chi connectivity index (χ2v) is 7.30. The molecule has 2 N–H and O–H groups in total. The van der Waals surface area contributed by atoms with Gasteiger partial charge in [0.2, 0.25) is 0 Å². The zero-order valence-corrected chi connectivity index (χ0v) is 16.9. The molecule has 0 spiro atoms. The number of hydrogen-bond donors (Lipinski definition) is 2. The Hall–Kier alpha value is -3.04. The third-order valence-corrected chi connectivity index (χ3v) is 5.04. The molecule has 2 aromatic carbocycles. The first-order chi connectivity index (χ1) is 14.5. The Bertz CT molecular complexity index is 935. The van der Waals surface area contributed by atoms with Crippen molar-refractivity contribution in [1.82, 2.24) is 0 Å². The predicted octanol–water partition coefficient (Wildman–Crippen LogP) is 5.42. The number of piperidine rings is 1. The van der Waals surface area contributed by atoms with Gasteiger partial charge in [0.15, 0.2) is 0 Å². The van der Waals surface area contributed by atoms with Gasteiger partial charge in [0, 0.05) is 50.0 Å². The first-order valence-corrected chi connectivity index (χ1v) is 9.60. The number of alkyl halides is 5. The van der Waals surface area contributed by atoms with E-state index in [9.17, 15) is 26.7 Å². The number of nitrogens with one attached hydrogen (secondary N) is 2. The maximum atomic E-state index is 13.6. The molecule has 3 rings (SSSR count). The van der Waals surface area contributed by atoms with Crippen LogP contribution in [0.1, 0.15) is 28.8 Å². The Morgan fingerprint density at radius 1 is 1.10 bits per heavy atom. The molecule has 0 bridgehead atoms. The van der Waals surface area contributed by atoms with Gasteiger partial charge in [-0.2, -0.15) is 0 Å². The largest absolute Gasteiger partial charge is 0.573 e. The Labute approximate surface area is 176 Å². The molecule has 10 heteroatoms. The van der Waals surface area contributed by atoms with Crippen molar-refractivity contribution in [2.75, 3.05) is 35.7 Å². The third-order valence-electron chi connectivity index (χ3n) is 5.04. The van der Waals surface area contributed by atoms with E-state index < -0.39 is 23.9 Å². The van der Waals surface area contributed by atoms with E-state index in [1.165, 1.54) is 12.1 Å². The summed E-state index contributed by atoms with van der Waals surface area (Å²) in [6, 6.07) is 8.15. The van der Waals surface area contributed by atoms with Gasteiger partial charge in [0.1, 0.15) is 5.75 Å². The lowest BCUT2D eigenvalue weighted by Gasteiger charge is -2.34. The molecule has 2 aromatic rings. The number of halogens is 5. The first kappa shape index (κ1) is 22.6. The number of rotatable bonds is 5. The molecular weight excluding hydrogens is 421 g/mol. The molecule has 1 fully saturated rings. The lowest BCUT2D eigenvalue weighted by Crippen LogP contribution is -2.40. The number of anilines is 3. The van der Waals surface area contributed by atoms with Crippen molar-refractivity contribution in [2.24, 2.45) is 0 Å². The van der Waals surface area contributed by atoms with Gasteiger partial charge in [-0.15, -0.1) is 13.2 Å². The number of ether oxygens (including phenoxy) is 1. The predicted molar refractivity (Wildman–Crippen MR) is 108 cm³/mol. The summed E-state index contributed by atoms with van der Waals surface area (Å²) in [5.74, 6) is -3.64. The molecule has 0 atom stereocenters. The van der Waals surface area contributed by atoms with E-state index >= 15 is 0 Å². The Kier molecular flexibility index (Phi) is 6.28. The maximum absolute atomic E-state index is 13.6. The number of carbonyl (C=O) groups excluding carboxylic acids is 1. The minimum atomic E-state index is -4.81. The summed E-state index contributed by atoms with van der Waals surface area (Å²) < 4.78 is 67.9. The lowest BCUT2D eigenvalue weighted by molar-refractivity contribution is -0.274. The Morgan fingerprint density at radius 2 is 1.71 bits per heavy atom. The van der Waals surface area contributed by atoms with Crippen molar-refractivity contribution in [3.05, 3.63) is 47.5 Å². The normalized spacial score (nSPS) is 16.0. The van der Waals surface area contributed by atoms with Crippen molar-refractivity contribution < 1.29 is 31.5 Å². The quantitative estimate of drug-likeness (QED) is 0.606. The van der Waals surface area contributed by atoms with Crippen molar-refractivity contribution >= 4 is 23.0 Å². The second-order valence-electron chi connectivity index (χ2n) is 7.30. The zero-order chi connectivity index (χ0) is 22.8. The van der Waals surface area contributed by atoms with Gasteiger partial charge in [-0.1, -0.05) is 0 Å². The topological polar surface area (TPSA) is 53.6 Å². The highest BCUT2D eigenvalue weighted by atomic mass is 19.4. The number of aryl methyl sites for hydroxylation is 1. The van der Waals surface area contributed by atoms with Crippen LogP contribution in [-0.4, -0.2) is 38.3 Å². The SMILES string of the molecule is CNc1cc(C(=O)Nc2ccc(OC(F)(F)F)cc2)c(N2CCC(F)(F)CC2)cc1C. The molecule has 1 aliphatic heterocycles. The van der Waals surface area contributed by atoms with E-state index in [1.54, 1.807) is 24.1 Å². The maximum Gasteiger partial charge on any atom is 0.573 e. The molecule has 0 saturated carbocycles. The van der Waals surface area contributed by atoms with E-state index in [2.05, 4.69) is 15.4 Å². The smallest absolute Gasteiger partial charge is 0.406 e. The van der Waals surface area contributed by atoms with Crippen LogP contribution in [0.25, 0.3) is 0 Å². The summed E-state index contributed by atoms with van der Waals surface area (Å²) >= 11 is 0. The minimum absolute atomic E-state index is 0.106. The molecule has 0 radical (unpaired) electrons. The Morgan fingerprint density at radius 3 is 2.26 bits per heavy atom. The van der Waals surface area contributed by atoms with Crippen LogP contribution in [0, 0.1) is 6.92 Å². The van der Waals surface area contributed by atoms with E-state index in [0.29, 0.717) is 11.4 Å². The second kappa shape index (κ2) is 8.60. The van der Waals surface area contributed by atoms with Crippen LogP contribution in [0.3, 0.4) is 0 Å². The average molecular weight is 443 g/mol. The molecule has 1 amide bonds. The molecule has 168 valence electrons. The number of amides is 1. The molecule has 31 heavy (non-hydrogen) atoms. The van der Waals surface area contributed by atoms with Crippen molar-refractivity contribution in [3.8, 4) is 5.75 Å². The molecular formula is C21H22F5N3O2. The van der Waals surface area contributed by atoms with Crippen LogP contribution in [-0.2, 0) is 0 Å². The summed E-state index contributed by atoms with van der Waals surface area (Å²) in [6.07, 6.45) is -5.42. The molecule has 1 heterocycles. The van der Waals surface area contributed by atoms with Crippen molar-refractivity contribution in [2.45, 2.75) is 32.1 Å². The first-order valence-electron chi connectivity index (χ1n) is 9.60. The molecule has 0 aliphatic carbocycles. The van der Waals surface area contributed by atoms with Crippen LogP contribution in [0.4, 0.5) is 39.0 Å². The summed E-state index contributed by atoms with van der Waals surface area (Å²) in [5, 5.41) is 5.62. The fraction of sp³-hybridized carbons (Fsp3) is 0.381. The van der Waals surface area contributed by atoms with Gasteiger partial charge in [0.05, 0.1) is 5.56 Å². The summed E-state index contributed by atoms with van der Waals surface area (Å²) in [6.45, 7) is 2.05. The highest BCUT2D eigenvalue weighted by Crippen LogP contribution is 2.35. The Balaban J connectivity index is 1.84. The monoisotopic (exact) mass is 443 g/mol. The van der Waals surface area contributed by atoms with E-state index in [0.717, 1.165) is 17.7 Å². The van der Waals surface area contributed by atoms with Gasteiger partial charge in [0.25, 0.3) is 11.8 Å². The van der Waals surface area contributed by atoms with Gasteiger partial charge < -0.3 is 20.3 Å². The fourth-order valence-electron chi connectivity index (χ4n) is 3.42. The molecule has 1 saturated heterocycles. The molecule has 0 unspecified atom stereocenters. The van der Waals surface area contributed by atoms with Crippen LogP contribution < -0.4 is 20.3 Å². The van der Waals surface area contributed by atoms with Crippen LogP contribution in [0.15, 0.2) is 36.4 Å². The van der Waals surface area contributed by atoms with Crippen LogP contribution >= 0.6 is 0 Å². The number of carbonyl (C=O) groups is 1. The number of benzene rings is 2. The lowest BCUT2D eigenvalue weighted by atomic mass is 10.0. The summed E-state index contributed by atoms with van der Waals surface area (Å²) in [5.41, 5.74) is 2.62. The van der Waals surface area contributed by atoms with E-state index in [-0.39, 0.29) is 37.2 Å². The van der Waals surface area contributed by atoms with Crippen LogP contribution in [0.2, 0.25) is 0 Å². The standard InChI is InChI=1S/C21H22F5N3O2/c1-13-11-18(29-9-7-20(22,23)8-10-29)16(12-17(13)27-2)19(30)28-14-3-5-15(6-4-14)31-21(24,25)26/h3-6,11-12,27H,7-10H2,1-2H3,(H,28,30). The third kappa shape index (κ3) is 5.77. The van der Waals surface area contributed by atoms with E-state index in [4.69, 9.17) is 0 Å². The van der Waals surface area contributed by atoms with Gasteiger partial charge in [-0.3, -0.25) is 4.79 Å². The number of nitrogens with zero attached hydrogens (tertiary/aromatic N) is 1. The van der Waals surface area contributed by atoms with E-state index in [1.807, 2.05) is 6.92 Å². The van der Waals surface area contributed by atoms with Crippen molar-refractivity contribution in [3.63, 3.8) is 0 Å². The van der Waals surface area contributed by atoms with Gasteiger partial charge in [-0.25, -0.2) is 8.78 Å². The molecule has 5 nitrogen and oxygen atoms in total. The zero-order valence-electron chi connectivity index (χ0n) is 16.9. The van der Waals surface area contributed by atoms with Crippen LogP contribution in [0.5, 0.6) is 5.75 Å².